The van der Waals surface area contributed by atoms with Gasteiger partial charge in [0.2, 0.25) is 0 Å². The fourth-order valence-corrected chi connectivity index (χ4v) is 2.24. The van der Waals surface area contributed by atoms with Crippen molar-refractivity contribution in [3.8, 4) is 0 Å². The Kier molecular flexibility index (Phi) is 8.28. The van der Waals surface area contributed by atoms with E-state index in [2.05, 4.69) is 0 Å². The van der Waals surface area contributed by atoms with Crippen LogP contribution in [0.4, 0.5) is 0 Å². The van der Waals surface area contributed by atoms with Crippen molar-refractivity contribution in [3.05, 3.63) is 12.3 Å². The molecule has 0 aliphatic heterocycles. The minimum Gasteiger partial charge on any atom is -0.516 e. The standard InChI is InChI=1S/C15H28O/c16-14-10-8-6-4-2-1-3-5-7-9-11-15-12-13-15/h10,14-16H,1-9,11-13H2. The molecular weight excluding hydrogens is 196 g/mol. The third-order valence-corrected chi connectivity index (χ3v) is 3.54. The van der Waals surface area contributed by atoms with E-state index in [1.54, 1.807) is 0 Å². The molecule has 1 saturated carbocycles. The van der Waals surface area contributed by atoms with Crippen molar-refractivity contribution in [2.45, 2.75) is 77.0 Å². The molecule has 1 aliphatic carbocycles. The average Bonchev–Trinajstić information content (AvgIpc) is 3.10. The van der Waals surface area contributed by atoms with Crippen molar-refractivity contribution in [1.29, 1.82) is 0 Å². The SMILES string of the molecule is OC=CCCCCCCCCCCC1CC1. The van der Waals surface area contributed by atoms with E-state index in [1.165, 1.54) is 76.9 Å². The molecule has 0 atom stereocenters. The van der Waals surface area contributed by atoms with Gasteiger partial charge in [0.25, 0.3) is 0 Å². The van der Waals surface area contributed by atoms with Crippen LogP contribution in [0.2, 0.25) is 0 Å². The Balaban J connectivity index is 1.64. The molecule has 0 heterocycles. The summed E-state index contributed by atoms with van der Waals surface area (Å²) in [6.45, 7) is 0. The molecule has 1 rings (SSSR count). The van der Waals surface area contributed by atoms with Gasteiger partial charge in [-0.25, -0.2) is 0 Å². The fourth-order valence-electron chi connectivity index (χ4n) is 2.24. The number of aliphatic hydroxyl groups excluding tert-OH is 1. The lowest BCUT2D eigenvalue weighted by molar-refractivity contribution is 0.469. The topological polar surface area (TPSA) is 20.2 Å². The van der Waals surface area contributed by atoms with Crippen molar-refractivity contribution in [3.63, 3.8) is 0 Å². The molecule has 0 aromatic rings. The Morgan fingerprint density at radius 2 is 1.38 bits per heavy atom. The molecule has 0 aromatic carbocycles. The summed E-state index contributed by atoms with van der Waals surface area (Å²) in [6, 6.07) is 0. The molecule has 1 aliphatic rings. The average molecular weight is 224 g/mol. The van der Waals surface area contributed by atoms with Crippen molar-refractivity contribution < 1.29 is 5.11 Å². The van der Waals surface area contributed by atoms with E-state index in [9.17, 15) is 0 Å². The molecule has 94 valence electrons. The Hall–Kier alpha value is -0.460. The summed E-state index contributed by atoms with van der Waals surface area (Å²) in [4.78, 5) is 0. The molecule has 0 spiro atoms. The van der Waals surface area contributed by atoms with Crippen molar-refractivity contribution in [2.75, 3.05) is 0 Å². The lowest BCUT2D eigenvalue weighted by Gasteiger charge is -2.01. The first-order valence-corrected chi connectivity index (χ1v) is 7.22. The zero-order chi connectivity index (χ0) is 11.5. The highest BCUT2D eigenvalue weighted by Gasteiger charge is 2.19. The molecule has 1 fully saturated rings. The summed E-state index contributed by atoms with van der Waals surface area (Å²) >= 11 is 0. The van der Waals surface area contributed by atoms with Crippen LogP contribution in [0.1, 0.15) is 77.0 Å². The second-order valence-electron chi connectivity index (χ2n) is 5.23. The normalized spacial score (nSPS) is 16.0. The maximum atomic E-state index is 8.45. The van der Waals surface area contributed by atoms with Crippen LogP contribution in [0.15, 0.2) is 12.3 Å². The third kappa shape index (κ3) is 8.82. The monoisotopic (exact) mass is 224 g/mol. The first-order valence-electron chi connectivity index (χ1n) is 7.22. The molecule has 0 aromatic heterocycles. The van der Waals surface area contributed by atoms with Gasteiger partial charge in [-0.2, -0.15) is 0 Å². The van der Waals surface area contributed by atoms with Crippen LogP contribution in [-0.2, 0) is 0 Å². The zero-order valence-electron chi connectivity index (χ0n) is 10.7. The molecule has 0 bridgehead atoms. The van der Waals surface area contributed by atoms with Crippen LogP contribution in [0.5, 0.6) is 0 Å². The van der Waals surface area contributed by atoms with E-state index in [0.29, 0.717) is 0 Å². The van der Waals surface area contributed by atoms with Gasteiger partial charge in [-0.3, -0.25) is 0 Å². The molecular formula is C15H28O. The maximum absolute atomic E-state index is 8.45. The largest absolute Gasteiger partial charge is 0.516 e. The summed E-state index contributed by atoms with van der Waals surface area (Å²) in [5.41, 5.74) is 0. The Bertz CT molecular complexity index is 170. The molecule has 16 heavy (non-hydrogen) atoms. The van der Waals surface area contributed by atoms with Gasteiger partial charge in [0.15, 0.2) is 0 Å². The number of unbranched alkanes of at least 4 members (excludes halogenated alkanes) is 8. The summed E-state index contributed by atoms with van der Waals surface area (Å²) in [5, 5.41) is 8.45. The lowest BCUT2D eigenvalue weighted by atomic mass is 10.1. The van der Waals surface area contributed by atoms with E-state index in [-0.39, 0.29) is 0 Å². The second-order valence-corrected chi connectivity index (χ2v) is 5.23. The maximum Gasteiger partial charge on any atom is 0.0751 e. The van der Waals surface area contributed by atoms with Crippen molar-refractivity contribution in [1.82, 2.24) is 0 Å². The quantitative estimate of drug-likeness (QED) is 0.369. The Morgan fingerprint density at radius 3 is 1.94 bits per heavy atom. The first-order chi connectivity index (χ1) is 7.93. The van der Waals surface area contributed by atoms with E-state index in [4.69, 9.17) is 5.11 Å². The van der Waals surface area contributed by atoms with Crippen LogP contribution in [0, 0.1) is 5.92 Å². The van der Waals surface area contributed by atoms with Gasteiger partial charge >= 0.3 is 0 Å². The summed E-state index contributed by atoms with van der Waals surface area (Å²) in [5.74, 6) is 1.12. The van der Waals surface area contributed by atoms with Gasteiger partial charge in [0.05, 0.1) is 6.26 Å². The van der Waals surface area contributed by atoms with Crippen LogP contribution in [0.3, 0.4) is 0 Å². The molecule has 0 radical (unpaired) electrons. The molecule has 1 N–H and O–H groups in total. The number of allylic oxidation sites excluding steroid dienone is 1. The van der Waals surface area contributed by atoms with Gasteiger partial charge in [0, 0.05) is 0 Å². The van der Waals surface area contributed by atoms with Gasteiger partial charge in [-0.15, -0.1) is 0 Å². The fraction of sp³-hybridized carbons (Fsp3) is 0.867. The smallest absolute Gasteiger partial charge is 0.0751 e. The van der Waals surface area contributed by atoms with Gasteiger partial charge in [-0.05, 0) is 18.8 Å². The van der Waals surface area contributed by atoms with E-state index in [1.807, 2.05) is 6.08 Å². The van der Waals surface area contributed by atoms with E-state index in [0.717, 1.165) is 12.3 Å². The van der Waals surface area contributed by atoms with Crippen molar-refractivity contribution in [2.24, 2.45) is 5.92 Å². The van der Waals surface area contributed by atoms with Crippen LogP contribution in [0.25, 0.3) is 0 Å². The minimum absolute atomic E-state index is 1.04. The minimum atomic E-state index is 1.04. The summed E-state index contributed by atoms with van der Waals surface area (Å²) < 4.78 is 0. The zero-order valence-corrected chi connectivity index (χ0v) is 10.7. The van der Waals surface area contributed by atoms with Gasteiger partial charge < -0.3 is 5.11 Å². The highest BCUT2D eigenvalue weighted by molar-refractivity contribution is 4.72. The van der Waals surface area contributed by atoms with Crippen LogP contribution < -0.4 is 0 Å². The molecule has 0 saturated heterocycles. The van der Waals surface area contributed by atoms with Crippen LogP contribution in [-0.4, -0.2) is 5.11 Å². The van der Waals surface area contributed by atoms with E-state index >= 15 is 0 Å². The number of rotatable bonds is 11. The number of hydrogen-bond acceptors (Lipinski definition) is 1. The lowest BCUT2D eigenvalue weighted by Crippen LogP contribution is -1.82. The highest BCUT2D eigenvalue weighted by Crippen LogP contribution is 2.34. The van der Waals surface area contributed by atoms with E-state index < -0.39 is 0 Å². The highest BCUT2D eigenvalue weighted by atomic mass is 16.2. The number of aliphatic hydroxyl groups is 1. The predicted molar refractivity (Wildman–Crippen MR) is 70.7 cm³/mol. The van der Waals surface area contributed by atoms with Gasteiger partial charge in [0.1, 0.15) is 0 Å². The number of hydrogen-bond donors (Lipinski definition) is 1. The van der Waals surface area contributed by atoms with Gasteiger partial charge in [-0.1, -0.05) is 70.3 Å². The van der Waals surface area contributed by atoms with Crippen LogP contribution >= 0.6 is 0 Å². The van der Waals surface area contributed by atoms with Crippen molar-refractivity contribution >= 4 is 0 Å². The molecule has 0 unspecified atom stereocenters. The molecule has 1 nitrogen and oxygen atoms in total. The molecule has 0 amide bonds. The first kappa shape index (κ1) is 13.6. The second kappa shape index (κ2) is 9.74. The predicted octanol–water partition coefficient (Wildman–Crippen LogP) is 5.37. The summed E-state index contributed by atoms with van der Waals surface area (Å²) in [7, 11) is 0. The third-order valence-electron chi connectivity index (χ3n) is 3.54. The Morgan fingerprint density at radius 1 is 0.812 bits per heavy atom. The summed E-state index contributed by atoms with van der Waals surface area (Å²) in [6.07, 6.45) is 19.8. The Labute approximate surface area is 101 Å². The molecule has 1 heteroatoms.